The van der Waals surface area contributed by atoms with E-state index >= 15 is 0 Å². The third-order valence-electron chi connectivity index (χ3n) is 4.39. The molecule has 25 heavy (non-hydrogen) atoms. The third kappa shape index (κ3) is 4.27. The second kappa shape index (κ2) is 7.65. The Labute approximate surface area is 154 Å². The number of ether oxygens (including phenoxy) is 3. The fraction of sp³-hybridized carbons (Fsp3) is 0.579. The Kier molecular flexibility index (Phi) is 5.52. The minimum atomic E-state index is -0.241. The summed E-state index contributed by atoms with van der Waals surface area (Å²) in [5.41, 5.74) is 1.01. The lowest BCUT2D eigenvalue weighted by atomic mass is 10.00. The average Bonchev–Trinajstić information content (AvgIpc) is 3.40. The third-order valence-corrected chi connectivity index (χ3v) is 4.63. The molecule has 1 aliphatic carbocycles. The zero-order chi connectivity index (χ0) is 18.0. The molecular weight excluding hydrogens is 340 g/mol. The molecule has 0 N–H and O–H groups in total. The highest BCUT2D eigenvalue weighted by molar-refractivity contribution is 6.30. The molecule has 1 fully saturated rings. The van der Waals surface area contributed by atoms with Crippen LogP contribution in [0.15, 0.2) is 28.2 Å². The van der Waals surface area contributed by atoms with E-state index in [1.165, 1.54) is 0 Å². The van der Waals surface area contributed by atoms with Gasteiger partial charge in [0.1, 0.15) is 17.8 Å². The van der Waals surface area contributed by atoms with Crippen LogP contribution in [0, 0.1) is 5.92 Å². The molecular formula is C19H25ClN2O3. The summed E-state index contributed by atoms with van der Waals surface area (Å²) < 4.78 is 17.0. The fourth-order valence-corrected chi connectivity index (χ4v) is 3.08. The topological polar surface area (TPSA) is 52.4 Å². The van der Waals surface area contributed by atoms with Gasteiger partial charge in [0.15, 0.2) is 0 Å². The Hall–Kier alpha value is -1.75. The molecule has 1 heterocycles. The zero-order valence-corrected chi connectivity index (χ0v) is 15.9. The first-order valence-electron chi connectivity index (χ1n) is 8.70. The number of halogens is 1. The summed E-state index contributed by atoms with van der Waals surface area (Å²) >= 11 is 6.20. The van der Waals surface area contributed by atoms with Crippen molar-refractivity contribution in [2.45, 2.75) is 51.3 Å². The van der Waals surface area contributed by atoms with Crippen LogP contribution < -0.4 is 4.74 Å². The van der Waals surface area contributed by atoms with Gasteiger partial charge in [0, 0.05) is 11.4 Å². The predicted octanol–water partition coefficient (Wildman–Crippen LogP) is 3.92. The quantitative estimate of drug-likeness (QED) is 0.795. The molecule has 5 nitrogen and oxygen atoms in total. The maximum absolute atomic E-state index is 6.20. The van der Waals surface area contributed by atoms with Gasteiger partial charge in [-0.2, -0.15) is 0 Å². The van der Waals surface area contributed by atoms with Gasteiger partial charge in [-0.1, -0.05) is 25.4 Å². The molecule has 1 aromatic carbocycles. The molecule has 0 unspecified atom stereocenters. The van der Waals surface area contributed by atoms with Crippen molar-refractivity contribution in [3.63, 3.8) is 0 Å². The lowest BCUT2D eigenvalue weighted by molar-refractivity contribution is 0.298. The van der Waals surface area contributed by atoms with E-state index in [1.54, 1.807) is 14.2 Å². The lowest BCUT2D eigenvalue weighted by Gasteiger charge is -2.27. The van der Waals surface area contributed by atoms with Gasteiger partial charge in [0.2, 0.25) is 11.8 Å². The van der Waals surface area contributed by atoms with E-state index in [1.807, 2.05) is 18.2 Å². The van der Waals surface area contributed by atoms with Gasteiger partial charge < -0.3 is 14.2 Å². The van der Waals surface area contributed by atoms with Crippen molar-refractivity contribution < 1.29 is 14.2 Å². The van der Waals surface area contributed by atoms with Crippen molar-refractivity contribution in [1.29, 1.82) is 0 Å². The van der Waals surface area contributed by atoms with Crippen LogP contribution in [0.25, 0.3) is 0 Å². The van der Waals surface area contributed by atoms with Crippen molar-refractivity contribution in [3.8, 4) is 5.75 Å². The zero-order valence-electron chi connectivity index (χ0n) is 15.2. The minimum absolute atomic E-state index is 0.113. The molecule has 2 aliphatic rings. The second-order valence-corrected chi connectivity index (χ2v) is 7.26. The largest absolute Gasteiger partial charge is 0.490 e. The minimum Gasteiger partial charge on any atom is -0.490 e. The van der Waals surface area contributed by atoms with Gasteiger partial charge >= 0.3 is 0 Å². The first kappa shape index (κ1) is 18.1. The number of hydrogen-bond acceptors (Lipinski definition) is 5. The van der Waals surface area contributed by atoms with E-state index in [0.717, 1.165) is 24.2 Å². The van der Waals surface area contributed by atoms with Crippen LogP contribution in [0.3, 0.4) is 0 Å². The number of rotatable bonds is 5. The highest BCUT2D eigenvalue weighted by Crippen LogP contribution is 2.32. The highest BCUT2D eigenvalue weighted by atomic mass is 35.5. The molecule has 6 heteroatoms. The smallest absolute Gasteiger partial charge is 0.209 e. The van der Waals surface area contributed by atoms with Gasteiger partial charge in [0.05, 0.1) is 20.3 Å². The summed E-state index contributed by atoms with van der Waals surface area (Å²) in [6, 6.07) is 5.37. The molecule has 136 valence electrons. The SMILES string of the molecule is COC1=N[C@H](C(C)C)C(OC)=N[C@H]1Cc1cc(Cl)ccc1OC1CC1. The molecule has 0 spiro atoms. The molecule has 0 radical (unpaired) electrons. The Morgan fingerprint density at radius 1 is 1.12 bits per heavy atom. The van der Waals surface area contributed by atoms with E-state index in [0.29, 0.717) is 29.3 Å². The molecule has 1 saturated carbocycles. The summed E-state index contributed by atoms with van der Waals surface area (Å²) in [5, 5.41) is 0.681. The first-order valence-corrected chi connectivity index (χ1v) is 9.08. The van der Waals surface area contributed by atoms with Crippen LogP contribution in [-0.4, -0.2) is 44.2 Å². The van der Waals surface area contributed by atoms with Gasteiger partial charge in [-0.05, 0) is 42.5 Å². The second-order valence-electron chi connectivity index (χ2n) is 6.82. The van der Waals surface area contributed by atoms with Crippen molar-refractivity contribution in [3.05, 3.63) is 28.8 Å². The number of hydrogen-bond donors (Lipinski definition) is 0. The summed E-state index contributed by atoms with van der Waals surface area (Å²) in [6.45, 7) is 4.18. The molecule has 0 aromatic heterocycles. The first-order chi connectivity index (χ1) is 12.0. The van der Waals surface area contributed by atoms with Gasteiger partial charge in [-0.3, -0.25) is 0 Å². The monoisotopic (exact) mass is 364 g/mol. The Morgan fingerprint density at radius 2 is 1.84 bits per heavy atom. The van der Waals surface area contributed by atoms with Crippen LogP contribution >= 0.6 is 11.6 Å². The standard InChI is InChI=1S/C19H25ClN2O3/c1-11(2)17-19(24-4)21-15(18(22-17)23-3)10-12-9-13(20)5-8-16(12)25-14-6-7-14/h5,8-9,11,14-15,17H,6-7,10H2,1-4H3/t15-,17+/m0/s1. The molecule has 1 aromatic rings. The number of benzene rings is 1. The van der Waals surface area contributed by atoms with Crippen LogP contribution in [0.1, 0.15) is 32.3 Å². The van der Waals surface area contributed by atoms with E-state index in [9.17, 15) is 0 Å². The number of nitrogens with zero attached hydrogens (tertiary/aromatic N) is 2. The Bertz CT molecular complexity index is 683. The van der Waals surface area contributed by atoms with Crippen molar-refractivity contribution in [2.24, 2.45) is 15.9 Å². The molecule has 3 rings (SSSR count). The van der Waals surface area contributed by atoms with E-state index in [4.69, 9.17) is 35.8 Å². The summed E-state index contributed by atoms with van der Waals surface area (Å²) in [7, 11) is 3.27. The average molecular weight is 365 g/mol. The van der Waals surface area contributed by atoms with E-state index in [-0.39, 0.29) is 18.0 Å². The van der Waals surface area contributed by atoms with E-state index < -0.39 is 0 Å². The summed E-state index contributed by atoms with van der Waals surface area (Å²) in [4.78, 5) is 9.48. The van der Waals surface area contributed by atoms with Crippen LogP contribution in [-0.2, 0) is 15.9 Å². The molecule has 2 atom stereocenters. The van der Waals surface area contributed by atoms with Gasteiger partial charge in [-0.25, -0.2) is 9.98 Å². The lowest BCUT2D eigenvalue weighted by Crippen LogP contribution is -2.38. The van der Waals surface area contributed by atoms with Gasteiger partial charge in [-0.15, -0.1) is 0 Å². The van der Waals surface area contributed by atoms with E-state index in [2.05, 4.69) is 13.8 Å². The van der Waals surface area contributed by atoms with Crippen molar-refractivity contribution in [1.82, 2.24) is 0 Å². The number of aliphatic imine (C=N–C) groups is 2. The summed E-state index contributed by atoms with van der Waals surface area (Å²) in [6.07, 6.45) is 3.15. The Balaban J connectivity index is 1.87. The highest BCUT2D eigenvalue weighted by Gasteiger charge is 2.32. The van der Waals surface area contributed by atoms with Crippen LogP contribution in [0.5, 0.6) is 5.75 Å². The van der Waals surface area contributed by atoms with Crippen molar-refractivity contribution in [2.75, 3.05) is 14.2 Å². The maximum atomic E-state index is 6.20. The maximum Gasteiger partial charge on any atom is 0.209 e. The molecule has 0 amide bonds. The molecule has 0 saturated heterocycles. The predicted molar refractivity (Wildman–Crippen MR) is 100 cm³/mol. The summed E-state index contributed by atoms with van der Waals surface area (Å²) in [5.74, 6) is 2.41. The fourth-order valence-electron chi connectivity index (χ4n) is 2.89. The van der Waals surface area contributed by atoms with Crippen molar-refractivity contribution >= 4 is 23.4 Å². The molecule has 1 aliphatic heterocycles. The Morgan fingerprint density at radius 3 is 2.44 bits per heavy atom. The van der Waals surface area contributed by atoms with Gasteiger partial charge in [0.25, 0.3) is 0 Å². The normalized spacial score (nSPS) is 23.1. The number of methoxy groups -OCH3 is 2. The van der Waals surface area contributed by atoms with Crippen LogP contribution in [0.2, 0.25) is 5.02 Å². The molecule has 0 bridgehead atoms. The van der Waals surface area contributed by atoms with Crippen LogP contribution in [0.4, 0.5) is 0 Å².